The Labute approximate surface area is 210 Å². The number of aliphatic imine (C=N–C) groups is 1. The van der Waals surface area contributed by atoms with Crippen LogP contribution < -0.4 is 5.73 Å². The first-order chi connectivity index (χ1) is 16.3. The van der Waals surface area contributed by atoms with Gasteiger partial charge in [-0.1, -0.05) is 113 Å². The molecule has 0 spiro atoms. The summed E-state index contributed by atoms with van der Waals surface area (Å²) < 4.78 is 0. The lowest BCUT2D eigenvalue weighted by molar-refractivity contribution is 0.378. The Morgan fingerprint density at radius 2 is 1.85 bits per heavy atom. The van der Waals surface area contributed by atoms with Crippen molar-refractivity contribution in [2.45, 2.75) is 79.7 Å². The number of nitrogens with zero attached hydrogens (tertiary/aromatic N) is 1. The Bertz CT molecular complexity index is 831. The minimum atomic E-state index is 0.0901. The molecule has 0 radical (unpaired) electrons. The number of rotatable bonds is 15. The molecule has 0 aromatic heterocycles. The first-order valence-electron chi connectivity index (χ1n) is 13.2. The van der Waals surface area contributed by atoms with Crippen LogP contribution in [-0.4, -0.2) is 19.3 Å². The summed E-state index contributed by atoms with van der Waals surface area (Å²) in [6, 6.07) is 0.0901. The van der Waals surface area contributed by atoms with E-state index in [0.717, 1.165) is 25.7 Å². The van der Waals surface area contributed by atoms with Crippen LogP contribution in [0, 0.1) is 23.7 Å². The average Bonchev–Trinajstić information content (AvgIpc) is 3.30. The van der Waals surface area contributed by atoms with Crippen LogP contribution in [0.5, 0.6) is 0 Å². The second-order valence-electron chi connectivity index (χ2n) is 9.80. The maximum absolute atomic E-state index is 6.84. The molecule has 0 aromatic carbocycles. The molecule has 0 saturated carbocycles. The van der Waals surface area contributed by atoms with E-state index in [4.69, 9.17) is 5.73 Å². The highest BCUT2D eigenvalue weighted by Crippen LogP contribution is 2.36. The first kappa shape index (κ1) is 29.8. The molecule has 188 valence electrons. The molecule has 0 bridgehead atoms. The SMILES string of the molecule is C=C/C(=C\C=C(\C)CC)C(C)CC(N)C1C=CC=C1C\C(=C/C=C\C=N\C)C(CC)C(C)CC. The fraction of sp³-hybridized carbons (Fsp3) is 0.531. The quantitative estimate of drug-likeness (QED) is 0.192. The van der Waals surface area contributed by atoms with Crippen LogP contribution in [-0.2, 0) is 0 Å². The molecule has 1 rings (SSSR count). The molecule has 0 fully saturated rings. The first-order valence-corrected chi connectivity index (χ1v) is 13.2. The zero-order valence-corrected chi connectivity index (χ0v) is 22.9. The lowest BCUT2D eigenvalue weighted by Gasteiger charge is -2.29. The maximum atomic E-state index is 6.84. The zero-order chi connectivity index (χ0) is 25.5. The van der Waals surface area contributed by atoms with Gasteiger partial charge >= 0.3 is 0 Å². The molecule has 0 amide bonds. The largest absolute Gasteiger partial charge is 0.327 e. The summed E-state index contributed by atoms with van der Waals surface area (Å²) >= 11 is 0. The van der Waals surface area contributed by atoms with Crippen molar-refractivity contribution >= 4 is 6.21 Å². The molecule has 5 unspecified atom stereocenters. The van der Waals surface area contributed by atoms with Gasteiger partial charge in [-0.3, -0.25) is 4.99 Å². The second-order valence-corrected chi connectivity index (χ2v) is 9.80. The van der Waals surface area contributed by atoms with Gasteiger partial charge in [0.15, 0.2) is 0 Å². The monoisotopic (exact) mass is 462 g/mol. The normalized spacial score (nSPS) is 21.2. The van der Waals surface area contributed by atoms with Gasteiger partial charge in [0.05, 0.1) is 0 Å². The van der Waals surface area contributed by atoms with Crippen molar-refractivity contribution in [3.8, 4) is 0 Å². The second kappa shape index (κ2) is 16.4. The van der Waals surface area contributed by atoms with Gasteiger partial charge in [-0.15, -0.1) is 0 Å². The van der Waals surface area contributed by atoms with Crippen molar-refractivity contribution < 1.29 is 0 Å². The van der Waals surface area contributed by atoms with E-state index in [1.807, 2.05) is 18.4 Å². The van der Waals surface area contributed by atoms with Gasteiger partial charge in [-0.2, -0.15) is 0 Å². The summed E-state index contributed by atoms with van der Waals surface area (Å²) in [6.07, 6.45) is 26.9. The molecule has 0 aromatic rings. The van der Waals surface area contributed by atoms with E-state index >= 15 is 0 Å². The van der Waals surface area contributed by atoms with Gasteiger partial charge in [0.2, 0.25) is 0 Å². The fourth-order valence-corrected chi connectivity index (χ4v) is 4.79. The number of allylic oxidation sites excluding steroid dienone is 11. The molecule has 5 atom stereocenters. The predicted octanol–water partition coefficient (Wildman–Crippen LogP) is 8.57. The Kier molecular flexibility index (Phi) is 14.4. The summed E-state index contributed by atoms with van der Waals surface area (Å²) in [7, 11) is 1.80. The Morgan fingerprint density at radius 1 is 1.12 bits per heavy atom. The van der Waals surface area contributed by atoms with E-state index < -0.39 is 0 Å². The topological polar surface area (TPSA) is 38.4 Å². The standard InChI is InChI=1S/C32H50N2/c1-9-24(5)19-20-27(11-3)26(7)22-32(33)31-18-15-17-29(31)23-28(16-13-14-21-34-8)30(12-4)25(6)10-2/h11,13-21,25-26,30-32H,3,9-10,12,22-23,33H2,1-2,4-8H3/b14-13-,24-19-,27-20+,28-16+,34-21+. The summed E-state index contributed by atoms with van der Waals surface area (Å²) in [5.74, 6) is 1.90. The van der Waals surface area contributed by atoms with Crippen LogP contribution in [0.1, 0.15) is 73.6 Å². The van der Waals surface area contributed by atoms with Crippen molar-refractivity contribution in [2.24, 2.45) is 34.4 Å². The average molecular weight is 463 g/mol. The molecule has 2 heteroatoms. The number of hydrogen-bond acceptors (Lipinski definition) is 2. The van der Waals surface area contributed by atoms with Crippen LogP contribution in [0.2, 0.25) is 0 Å². The molecule has 1 aliphatic rings. The fourth-order valence-electron chi connectivity index (χ4n) is 4.79. The van der Waals surface area contributed by atoms with Crippen LogP contribution >= 0.6 is 0 Å². The maximum Gasteiger partial charge on any atom is 0.0277 e. The van der Waals surface area contributed by atoms with E-state index in [-0.39, 0.29) is 6.04 Å². The number of hydrogen-bond donors (Lipinski definition) is 1. The zero-order valence-electron chi connectivity index (χ0n) is 22.9. The van der Waals surface area contributed by atoms with Gasteiger partial charge in [0, 0.05) is 25.2 Å². The molecule has 34 heavy (non-hydrogen) atoms. The van der Waals surface area contributed by atoms with Crippen LogP contribution in [0.4, 0.5) is 0 Å². The van der Waals surface area contributed by atoms with E-state index in [9.17, 15) is 0 Å². The van der Waals surface area contributed by atoms with E-state index in [1.165, 1.54) is 28.7 Å². The van der Waals surface area contributed by atoms with E-state index in [1.54, 1.807) is 7.05 Å². The van der Waals surface area contributed by atoms with Crippen molar-refractivity contribution in [3.05, 3.63) is 83.6 Å². The third-order valence-corrected chi connectivity index (χ3v) is 7.38. The predicted molar refractivity (Wildman–Crippen MR) is 154 cm³/mol. The van der Waals surface area contributed by atoms with Crippen molar-refractivity contribution in [1.29, 1.82) is 0 Å². The smallest absolute Gasteiger partial charge is 0.0277 e. The lowest BCUT2D eigenvalue weighted by Crippen LogP contribution is -2.32. The number of nitrogens with two attached hydrogens (primary N) is 1. The highest BCUT2D eigenvalue weighted by atomic mass is 14.7. The van der Waals surface area contributed by atoms with Crippen molar-refractivity contribution in [3.63, 3.8) is 0 Å². The van der Waals surface area contributed by atoms with Gasteiger partial charge < -0.3 is 5.73 Å². The molecular formula is C32H50N2. The summed E-state index contributed by atoms with van der Waals surface area (Å²) in [6.45, 7) is 17.7. The summed E-state index contributed by atoms with van der Waals surface area (Å²) in [5.41, 5.74) is 12.4. The Hall–Kier alpha value is -2.19. The van der Waals surface area contributed by atoms with E-state index in [2.05, 4.69) is 95.6 Å². The highest BCUT2D eigenvalue weighted by Gasteiger charge is 2.27. The van der Waals surface area contributed by atoms with Gasteiger partial charge in [0.1, 0.15) is 0 Å². The van der Waals surface area contributed by atoms with Crippen molar-refractivity contribution in [1.82, 2.24) is 0 Å². The lowest BCUT2D eigenvalue weighted by atomic mass is 9.77. The van der Waals surface area contributed by atoms with E-state index in [0.29, 0.717) is 23.7 Å². The Balaban J connectivity index is 3.05. The Morgan fingerprint density at radius 3 is 2.44 bits per heavy atom. The van der Waals surface area contributed by atoms with Gasteiger partial charge in [-0.25, -0.2) is 0 Å². The van der Waals surface area contributed by atoms with Gasteiger partial charge in [-0.05, 0) is 62.0 Å². The highest BCUT2D eigenvalue weighted by molar-refractivity contribution is 5.71. The molecular weight excluding hydrogens is 412 g/mol. The van der Waals surface area contributed by atoms with Gasteiger partial charge in [0.25, 0.3) is 0 Å². The minimum Gasteiger partial charge on any atom is -0.327 e. The summed E-state index contributed by atoms with van der Waals surface area (Å²) in [5, 5.41) is 0. The molecule has 0 aliphatic heterocycles. The molecule has 0 heterocycles. The molecule has 2 nitrogen and oxygen atoms in total. The van der Waals surface area contributed by atoms with Crippen LogP contribution in [0.15, 0.2) is 88.5 Å². The summed E-state index contributed by atoms with van der Waals surface area (Å²) in [4.78, 5) is 4.07. The third-order valence-electron chi connectivity index (χ3n) is 7.38. The molecule has 1 aliphatic carbocycles. The molecule has 0 saturated heterocycles. The van der Waals surface area contributed by atoms with Crippen molar-refractivity contribution in [2.75, 3.05) is 7.05 Å². The minimum absolute atomic E-state index is 0.0901. The van der Waals surface area contributed by atoms with Crippen LogP contribution in [0.25, 0.3) is 0 Å². The molecule has 2 N–H and O–H groups in total. The third kappa shape index (κ3) is 9.58. The van der Waals surface area contributed by atoms with Crippen LogP contribution in [0.3, 0.4) is 0 Å².